The summed E-state index contributed by atoms with van der Waals surface area (Å²) in [7, 11) is 1.57. The van der Waals surface area contributed by atoms with Crippen molar-refractivity contribution in [3.8, 4) is 23.0 Å². The molecule has 8 nitrogen and oxygen atoms in total. The van der Waals surface area contributed by atoms with Gasteiger partial charge in [0.05, 0.1) is 19.0 Å². The minimum atomic E-state index is -4.45. The van der Waals surface area contributed by atoms with Gasteiger partial charge in [-0.15, -0.1) is 0 Å². The second-order valence-electron chi connectivity index (χ2n) is 6.08. The van der Waals surface area contributed by atoms with Gasteiger partial charge in [0.15, 0.2) is 6.61 Å². The molecule has 0 radical (unpaired) electrons. The summed E-state index contributed by atoms with van der Waals surface area (Å²) in [4.78, 5) is 20.0. The first-order valence-electron chi connectivity index (χ1n) is 8.75. The third kappa shape index (κ3) is 6.19. The molecule has 3 aromatic rings. The maximum absolute atomic E-state index is 12.1. The summed E-state index contributed by atoms with van der Waals surface area (Å²) in [6.45, 7) is -1.44. The van der Waals surface area contributed by atoms with Gasteiger partial charge in [0.2, 0.25) is 23.5 Å². The van der Waals surface area contributed by atoms with Gasteiger partial charge in [0, 0.05) is 24.5 Å². The Morgan fingerprint density at radius 1 is 1.17 bits per heavy atom. The van der Waals surface area contributed by atoms with Crippen LogP contribution >= 0.6 is 0 Å². The molecule has 0 spiro atoms. The zero-order valence-electron chi connectivity index (χ0n) is 15.8. The van der Waals surface area contributed by atoms with Crippen molar-refractivity contribution in [1.82, 2.24) is 15.1 Å². The van der Waals surface area contributed by atoms with Crippen LogP contribution in [-0.4, -0.2) is 40.9 Å². The van der Waals surface area contributed by atoms with Gasteiger partial charge in [-0.2, -0.15) is 18.2 Å². The first-order valence-corrected chi connectivity index (χ1v) is 8.75. The van der Waals surface area contributed by atoms with Crippen LogP contribution in [-0.2, 0) is 11.2 Å². The molecular formula is C19H17F3N4O4. The molecule has 2 aromatic heterocycles. The average Bonchev–Trinajstić information content (AvgIpc) is 3.20. The van der Waals surface area contributed by atoms with E-state index >= 15 is 0 Å². The number of benzene rings is 1. The fraction of sp³-hybridized carbons (Fsp3) is 0.263. The normalized spacial score (nSPS) is 11.2. The van der Waals surface area contributed by atoms with E-state index in [2.05, 4.69) is 25.2 Å². The van der Waals surface area contributed by atoms with E-state index in [1.54, 1.807) is 31.4 Å². The third-order valence-electron chi connectivity index (χ3n) is 3.79. The summed E-state index contributed by atoms with van der Waals surface area (Å²) in [5.41, 5.74) is 1.07. The van der Waals surface area contributed by atoms with Crippen LogP contribution in [0.3, 0.4) is 0 Å². The van der Waals surface area contributed by atoms with E-state index < -0.39 is 12.8 Å². The van der Waals surface area contributed by atoms with Gasteiger partial charge in [-0.1, -0.05) is 5.16 Å². The van der Waals surface area contributed by atoms with Crippen molar-refractivity contribution >= 4 is 11.6 Å². The number of rotatable bonds is 8. The van der Waals surface area contributed by atoms with Gasteiger partial charge in [0.25, 0.3) is 0 Å². The Labute approximate surface area is 169 Å². The van der Waals surface area contributed by atoms with Gasteiger partial charge in [0.1, 0.15) is 5.75 Å². The molecule has 0 aliphatic rings. The molecule has 3 rings (SSSR count). The predicted octanol–water partition coefficient (Wildman–Crippen LogP) is 3.65. The molecule has 0 bridgehead atoms. The Kier molecular flexibility index (Phi) is 6.50. The van der Waals surface area contributed by atoms with Crippen LogP contribution in [0.4, 0.5) is 18.9 Å². The first kappa shape index (κ1) is 21.1. The van der Waals surface area contributed by atoms with Crippen molar-refractivity contribution < 1.29 is 32.0 Å². The second-order valence-corrected chi connectivity index (χ2v) is 6.08. The van der Waals surface area contributed by atoms with E-state index in [0.29, 0.717) is 23.2 Å². The minimum Gasteiger partial charge on any atom is -0.497 e. The monoisotopic (exact) mass is 422 g/mol. The number of methoxy groups -OCH3 is 1. The van der Waals surface area contributed by atoms with E-state index in [1.165, 1.54) is 18.3 Å². The van der Waals surface area contributed by atoms with E-state index in [0.717, 1.165) is 5.56 Å². The number of nitrogens with zero attached hydrogens (tertiary/aromatic N) is 3. The smallest absolute Gasteiger partial charge is 0.422 e. The molecule has 0 fully saturated rings. The summed E-state index contributed by atoms with van der Waals surface area (Å²) < 4.78 is 51.1. The predicted molar refractivity (Wildman–Crippen MR) is 99.0 cm³/mol. The highest BCUT2D eigenvalue weighted by atomic mass is 19.4. The zero-order chi connectivity index (χ0) is 21.6. The lowest BCUT2D eigenvalue weighted by Gasteiger charge is -2.09. The van der Waals surface area contributed by atoms with Crippen LogP contribution in [0, 0.1) is 0 Å². The Hall–Kier alpha value is -3.63. The number of aryl methyl sites for hydroxylation is 1. The molecule has 0 aliphatic carbocycles. The van der Waals surface area contributed by atoms with Crippen LogP contribution in [0.25, 0.3) is 11.4 Å². The number of anilines is 1. The molecule has 1 amide bonds. The Morgan fingerprint density at radius 2 is 1.93 bits per heavy atom. The van der Waals surface area contributed by atoms with Crippen molar-refractivity contribution in [2.75, 3.05) is 19.0 Å². The molecular weight excluding hydrogens is 405 g/mol. The number of halogens is 3. The number of nitrogens with one attached hydrogen (secondary N) is 1. The highest BCUT2D eigenvalue weighted by Gasteiger charge is 2.28. The minimum absolute atomic E-state index is 0.0660. The molecule has 0 aliphatic heterocycles. The Bertz CT molecular complexity index is 973. The summed E-state index contributed by atoms with van der Waals surface area (Å²) in [5, 5.41) is 6.47. The number of carbonyl (C=O) groups is 1. The lowest BCUT2D eigenvalue weighted by atomic mass is 10.2. The standard InChI is InChI=1S/C19H17F3N4O4/c1-28-14-5-2-12(3-6-14)18-25-17(30-26-18)9-7-15(27)24-13-4-8-16(23-10-13)29-11-19(20,21)22/h2-6,8,10H,7,9,11H2,1H3,(H,24,27). The molecule has 0 saturated heterocycles. The van der Waals surface area contributed by atoms with Crippen molar-refractivity contribution in [3.05, 3.63) is 48.5 Å². The molecule has 11 heteroatoms. The largest absolute Gasteiger partial charge is 0.497 e. The van der Waals surface area contributed by atoms with E-state index in [-0.39, 0.29) is 24.6 Å². The van der Waals surface area contributed by atoms with Gasteiger partial charge in [-0.25, -0.2) is 4.98 Å². The number of amides is 1. The third-order valence-corrected chi connectivity index (χ3v) is 3.79. The molecule has 158 valence electrons. The van der Waals surface area contributed by atoms with Crippen LogP contribution in [0.1, 0.15) is 12.3 Å². The summed E-state index contributed by atoms with van der Waals surface area (Å²) >= 11 is 0. The average molecular weight is 422 g/mol. The van der Waals surface area contributed by atoms with Crippen molar-refractivity contribution in [2.24, 2.45) is 0 Å². The van der Waals surface area contributed by atoms with Gasteiger partial charge in [-0.05, 0) is 30.3 Å². The second kappa shape index (κ2) is 9.25. The van der Waals surface area contributed by atoms with Crippen molar-refractivity contribution in [3.63, 3.8) is 0 Å². The number of alkyl halides is 3. The van der Waals surface area contributed by atoms with E-state index in [9.17, 15) is 18.0 Å². The summed E-state index contributed by atoms with van der Waals surface area (Å²) in [6.07, 6.45) is -2.96. The number of hydrogen-bond donors (Lipinski definition) is 1. The Balaban J connectivity index is 1.48. The first-order chi connectivity index (χ1) is 14.3. The SMILES string of the molecule is COc1ccc(-c2noc(CCC(=O)Nc3ccc(OCC(F)(F)F)nc3)n2)cc1. The van der Waals surface area contributed by atoms with E-state index in [1.807, 2.05) is 0 Å². The molecule has 0 unspecified atom stereocenters. The van der Waals surface area contributed by atoms with Crippen molar-refractivity contribution in [1.29, 1.82) is 0 Å². The topological polar surface area (TPSA) is 99.4 Å². The van der Waals surface area contributed by atoms with E-state index in [4.69, 9.17) is 9.26 Å². The molecule has 0 saturated carbocycles. The summed E-state index contributed by atoms with van der Waals surface area (Å²) in [5.74, 6) is 0.859. The fourth-order valence-electron chi connectivity index (χ4n) is 2.35. The fourth-order valence-corrected chi connectivity index (χ4v) is 2.35. The zero-order valence-corrected chi connectivity index (χ0v) is 15.8. The van der Waals surface area contributed by atoms with Crippen molar-refractivity contribution in [2.45, 2.75) is 19.0 Å². The molecule has 0 atom stereocenters. The molecule has 30 heavy (non-hydrogen) atoms. The van der Waals surface area contributed by atoms with Crippen LogP contribution < -0.4 is 14.8 Å². The highest BCUT2D eigenvalue weighted by molar-refractivity contribution is 5.90. The number of aromatic nitrogens is 3. The van der Waals surface area contributed by atoms with Crippen LogP contribution in [0.15, 0.2) is 47.1 Å². The quantitative estimate of drug-likeness (QED) is 0.592. The lowest BCUT2D eigenvalue weighted by molar-refractivity contribution is -0.154. The Morgan fingerprint density at radius 3 is 2.57 bits per heavy atom. The number of carbonyl (C=O) groups excluding carboxylic acids is 1. The lowest BCUT2D eigenvalue weighted by Crippen LogP contribution is -2.19. The van der Waals surface area contributed by atoms with Crippen LogP contribution in [0.5, 0.6) is 11.6 Å². The number of hydrogen-bond acceptors (Lipinski definition) is 7. The molecule has 1 aromatic carbocycles. The van der Waals surface area contributed by atoms with Gasteiger partial charge in [-0.3, -0.25) is 4.79 Å². The maximum Gasteiger partial charge on any atom is 0.422 e. The number of pyridine rings is 1. The molecule has 2 heterocycles. The van der Waals surface area contributed by atoms with Crippen LogP contribution in [0.2, 0.25) is 0 Å². The van der Waals surface area contributed by atoms with Gasteiger partial charge >= 0.3 is 6.18 Å². The highest BCUT2D eigenvalue weighted by Crippen LogP contribution is 2.20. The van der Waals surface area contributed by atoms with Gasteiger partial charge < -0.3 is 19.3 Å². The summed E-state index contributed by atoms with van der Waals surface area (Å²) in [6, 6.07) is 9.74. The molecule has 1 N–H and O–H groups in total. The number of ether oxygens (including phenoxy) is 2. The maximum atomic E-state index is 12.1.